The third kappa shape index (κ3) is 6.27. The summed E-state index contributed by atoms with van der Waals surface area (Å²) in [6.07, 6.45) is 3.84. The first-order valence-corrected chi connectivity index (χ1v) is 18.9. The van der Waals surface area contributed by atoms with Crippen molar-refractivity contribution in [2.75, 3.05) is 70.8 Å². The van der Waals surface area contributed by atoms with Gasteiger partial charge in [0.2, 0.25) is 0 Å². The molecule has 1 atom stereocenters. The van der Waals surface area contributed by atoms with Crippen LogP contribution in [0.3, 0.4) is 0 Å². The maximum absolute atomic E-state index is 16.0. The molecule has 1 aromatic heterocycles. The van der Waals surface area contributed by atoms with Gasteiger partial charge in [0.15, 0.2) is 0 Å². The molecule has 2 aromatic carbocycles. The zero-order valence-corrected chi connectivity index (χ0v) is 30.5. The fourth-order valence-corrected chi connectivity index (χ4v) is 8.92. The number of ether oxygens (including phenoxy) is 1. The molecule has 2 amide bonds. The SMILES string of the molecule is COC[C@H]1CN(c2ccc3c4c(c(=O)oc3c2C)CN(C(=O)c2cc(F)c(C(=O)NS(=O)(=O)N(C)C)c(N3C5CCC3CC5)c2)CC4)CCN1C. The predicted molar refractivity (Wildman–Crippen MR) is 191 cm³/mol. The zero-order valence-electron chi connectivity index (χ0n) is 29.7. The largest absolute Gasteiger partial charge is 0.422 e. The number of likely N-dealkylation sites (N-methyl/N-ethyl adjacent to an activating group) is 1. The summed E-state index contributed by atoms with van der Waals surface area (Å²) in [7, 11) is 2.13. The van der Waals surface area contributed by atoms with Gasteiger partial charge in [-0.25, -0.2) is 13.9 Å². The molecular weight excluding hydrogens is 679 g/mol. The molecule has 7 rings (SSSR count). The highest BCUT2D eigenvalue weighted by atomic mass is 32.2. The molecule has 13 nitrogen and oxygen atoms in total. The van der Waals surface area contributed by atoms with Gasteiger partial charge in [-0.05, 0) is 75.9 Å². The Hall–Kier alpha value is -4.05. The van der Waals surface area contributed by atoms with Crippen LogP contribution in [0.1, 0.15) is 63.1 Å². The summed E-state index contributed by atoms with van der Waals surface area (Å²) >= 11 is 0. The van der Waals surface area contributed by atoms with E-state index >= 15 is 4.39 Å². The summed E-state index contributed by atoms with van der Waals surface area (Å²) in [5.74, 6) is -2.58. The Balaban J connectivity index is 1.19. The molecule has 0 aliphatic carbocycles. The number of fused-ring (bicyclic) bond motifs is 5. The van der Waals surface area contributed by atoms with Gasteiger partial charge < -0.3 is 23.9 Å². The molecule has 3 fully saturated rings. The number of benzene rings is 2. The Kier molecular flexibility index (Phi) is 9.35. The van der Waals surface area contributed by atoms with Crippen LogP contribution in [-0.2, 0) is 27.9 Å². The quantitative estimate of drug-likeness (QED) is 0.346. The number of aryl methyl sites for hydroxylation is 1. The van der Waals surface area contributed by atoms with Crippen molar-refractivity contribution in [3.8, 4) is 0 Å². The minimum Gasteiger partial charge on any atom is -0.422 e. The van der Waals surface area contributed by atoms with Gasteiger partial charge in [-0.2, -0.15) is 12.7 Å². The second kappa shape index (κ2) is 13.5. The molecular formula is C36H45FN6O7S. The number of hydrogen-bond acceptors (Lipinski definition) is 10. The number of hydrogen-bond donors (Lipinski definition) is 1. The summed E-state index contributed by atoms with van der Waals surface area (Å²) in [6.45, 7) is 5.35. The maximum atomic E-state index is 16.0. The van der Waals surface area contributed by atoms with Crippen LogP contribution in [0.15, 0.2) is 33.5 Å². The number of piperazine rings is 1. The molecule has 4 aliphatic heterocycles. The molecule has 274 valence electrons. The smallest absolute Gasteiger partial charge is 0.341 e. The molecule has 0 saturated carbocycles. The second-order valence-electron chi connectivity index (χ2n) is 14.4. The lowest BCUT2D eigenvalue weighted by atomic mass is 9.95. The summed E-state index contributed by atoms with van der Waals surface area (Å²) in [5, 5.41) is 0.835. The Labute approximate surface area is 297 Å². The normalized spacial score (nSPS) is 22.3. The maximum Gasteiger partial charge on any atom is 0.341 e. The zero-order chi connectivity index (χ0) is 36.4. The second-order valence-corrected chi connectivity index (χ2v) is 16.3. The van der Waals surface area contributed by atoms with Gasteiger partial charge in [0, 0.05) is 81.7 Å². The molecule has 3 saturated heterocycles. The average Bonchev–Trinajstić information content (AvgIpc) is 3.70. The summed E-state index contributed by atoms with van der Waals surface area (Å²) in [4.78, 5) is 49.0. The Morgan fingerprint density at radius 3 is 2.41 bits per heavy atom. The fraction of sp³-hybridized carbons (Fsp3) is 0.528. The van der Waals surface area contributed by atoms with Crippen molar-refractivity contribution in [3.63, 3.8) is 0 Å². The third-order valence-corrected chi connectivity index (χ3v) is 12.6. The first-order valence-electron chi connectivity index (χ1n) is 17.5. The standard InChI is InChI=1S/C36H45FN6O7S/c1-21-30(41-15-14-40(4)25(18-41)20-49-5)11-10-27-26-12-13-42(19-28(26)36(46)50-33(21)27)35(45)22-16-29(37)32(34(44)38-51(47,48)39(2)3)31(17-22)43-23-6-7-24(43)9-8-23/h10-11,16-17,23-25H,6-9,12-15,18-20H2,1-5H3,(H,38,44)/t23?,24?,25-/m1/s1. The molecule has 2 bridgehead atoms. The number of halogens is 1. The minimum atomic E-state index is -4.20. The van der Waals surface area contributed by atoms with E-state index in [0.29, 0.717) is 24.2 Å². The van der Waals surface area contributed by atoms with Crippen LogP contribution in [0.2, 0.25) is 0 Å². The number of carbonyl (C=O) groups is 2. The van der Waals surface area contributed by atoms with Crippen molar-refractivity contribution in [2.24, 2.45) is 0 Å². The van der Waals surface area contributed by atoms with Gasteiger partial charge in [-0.1, -0.05) is 0 Å². The third-order valence-electron chi connectivity index (χ3n) is 11.2. The van der Waals surface area contributed by atoms with Crippen LogP contribution in [0.5, 0.6) is 0 Å². The van der Waals surface area contributed by atoms with Gasteiger partial charge in [-0.15, -0.1) is 0 Å². The minimum absolute atomic E-state index is 0.0143. The summed E-state index contributed by atoms with van der Waals surface area (Å²) in [6, 6.07) is 6.90. The number of carbonyl (C=O) groups excluding carboxylic acids is 2. The number of anilines is 2. The Bertz CT molecular complexity index is 2050. The number of nitrogens with zero attached hydrogens (tertiary/aromatic N) is 5. The van der Waals surface area contributed by atoms with Crippen molar-refractivity contribution in [1.82, 2.24) is 18.8 Å². The lowest BCUT2D eigenvalue weighted by molar-refractivity contribution is 0.0731. The number of rotatable bonds is 8. The average molecular weight is 725 g/mol. The highest BCUT2D eigenvalue weighted by molar-refractivity contribution is 7.87. The van der Waals surface area contributed by atoms with E-state index in [4.69, 9.17) is 9.15 Å². The topological polar surface area (TPSA) is 136 Å². The van der Waals surface area contributed by atoms with Crippen molar-refractivity contribution in [3.05, 3.63) is 68.3 Å². The van der Waals surface area contributed by atoms with Crippen molar-refractivity contribution < 1.29 is 31.6 Å². The highest BCUT2D eigenvalue weighted by Gasteiger charge is 2.42. The van der Waals surface area contributed by atoms with E-state index in [0.717, 1.165) is 77.9 Å². The van der Waals surface area contributed by atoms with E-state index in [2.05, 4.69) is 22.9 Å². The van der Waals surface area contributed by atoms with Gasteiger partial charge in [0.25, 0.3) is 11.8 Å². The lowest BCUT2D eigenvalue weighted by Gasteiger charge is -2.41. The van der Waals surface area contributed by atoms with Crippen molar-refractivity contribution >= 4 is 44.4 Å². The summed E-state index contributed by atoms with van der Waals surface area (Å²) in [5.41, 5.74) is 2.96. The number of methoxy groups -OCH3 is 1. The van der Waals surface area contributed by atoms with Gasteiger partial charge >= 0.3 is 15.8 Å². The molecule has 0 unspecified atom stereocenters. The molecule has 5 heterocycles. The van der Waals surface area contributed by atoms with E-state index in [9.17, 15) is 22.8 Å². The first kappa shape index (κ1) is 35.4. The highest BCUT2D eigenvalue weighted by Crippen LogP contribution is 2.43. The Morgan fingerprint density at radius 2 is 1.75 bits per heavy atom. The van der Waals surface area contributed by atoms with E-state index in [1.165, 1.54) is 25.1 Å². The lowest BCUT2D eigenvalue weighted by Crippen LogP contribution is -2.53. The van der Waals surface area contributed by atoms with Crippen LogP contribution in [0.4, 0.5) is 15.8 Å². The van der Waals surface area contributed by atoms with E-state index < -0.39 is 39.0 Å². The molecule has 4 aliphatic rings. The van der Waals surface area contributed by atoms with E-state index in [1.807, 2.05) is 22.6 Å². The van der Waals surface area contributed by atoms with Gasteiger partial charge in [0.1, 0.15) is 11.4 Å². The van der Waals surface area contributed by atoms with Crippen LogP contribution in [-0.4, -0.2) is 114 Å². The van der Waals surface area contributed by atoms with Crippen LogP contribution >= 0.6 is 0 Å². The van der Waals surface area contributed by atoms with Crippen LogP contribution in [0.25, 0.3) is 11.0 Å². The molecule has 51 heavy (non-hydrogen) atoms. The van der Waals surface area contributed by atoms with E-state index in [1.54, 1.807) is 7.11 Å². The van der Waals surface area contributed by atoms with Crippen molar-refractivity contribution in [1.29, 1.82) is 0 Å². The van der Waals surface area contributed by atoms with Crippen LogP contribution in [0, 0.1) is 12.7 Å². The fourth-order valence-electron chi connectivity index (χ4n) is 8.40. The van der Waals surface area contributed by atoms with Gasteiger partial charge in [-0.3, -0.25) is 14.5 Å². The summed E-state index contributed by atoms with van der Waals surface area (Å²) < 4.78 is 55.2. The number of amides is 2. The number of nitrogens with one attached hydrogen (secondary N) is 1. The molecule has 15 heteroatoms. The predicted octanol–water partition coefficient (Wildman–Crippen LogP) is 2.87. The van der Waals surface area contributed by atoms with Crippen LogP contribution < -0.4 is 20.1 Å². The monoisotopic (exact) mass is 724 g/mol. The molecule has 0 radical (unpaired) electrons. The van der Waals surface area contributed by atoms with E-state index in [-0.39, 0.29) is 42.5 Å². The molecule has 1 N–H and O–H groups in total. The van der Waals surface area contributed by atoms with Gasteiger partial charge in [0.05, 0.1) is 36.0 Å². The Morgan fingerprint density at radius 1 is 1.04 bits per heavy atom. The first-order chi connectivity index (χ1) is 24.3. The van der Waals surface area contributed by atoms with Crippen molar-refractivity contribution in [2.45, 2.75) is 63.7 Å². The molecule has 3 aromatic rings. The molecule has 0 spiro atoms.